The number of rotatable bonds is 8. The van der Waals surface area contributed by atoms with E-state index >= 15 is 0 Å². The summed E-state index contributed by atoms with van der Waals surface area (Å²) in [6, 6.07) is 11.5. The average Bonchev–Trinajstić information content (AvgIpc) is 2.66. The first-order valence-corrected chi connectivity index (χ1v) is 9.02. The lowest BCUT2D eigenvalue weighted by Crippen LogP contribution is -2.16. The smallest absolute Gasteiger partial charge is 0.337 e. The minimum Gasteiger partial charge on any atom is -0.496 e. The van der Waals surface area contributed by atoms with E-state index in [4.69, 9.17) is 4.74 Å². The summed E-state index contributed by atoms with van der Waals surface area (Å²) in [5.41, 5.74) is 0.742. The van der Waals surface area contributed by atoms with Crippen LogP contribution in [0.3, 0.4) is 0 Å². The van der Waals surface area contributed by atoms with Gasteiger partial charge in [-0.05, 0) is 42.3 Å². The Morgan fingerprint density at radius 3 is 2.46 bits per heavy atom. The summed E-state index contributed by atoms with van der Waals surface area (Å²) in [4.78, 5) is 24.7. The van der Waals surface area contributed by atoms with Crippen LogP contribution in [0.4, 0.5) is 5.69 Å². The number of carbonyl (C=O) groups is 2. The molecule has 2 rings (SSSR count). The summed E-state index contributed by atoms with van der Waals surface area (Å²) in [6.07, 6.45) is 0. The van der Waals surface area contributed by atoms with E-state index in [1.807, 2.05) is 0 Å². The Kier molecular flexibility index (Phi) is 7.06. The van der Waals surface area contributed by atoms with Gasteiger partial charge in [0.15, 0.2) is 0 Å². The number of anilines is 1. The summed E-state index contributed by atoms with van der Waals surface area (Å²) < 4.78 is 7.52. The fraction of sp³-hybridized carbons (Fsp3) is 0.263. The van der Waals surface area contributed by atoms with Crippen LogP contribution in [0.2, 0.25) is 0 Å². The third kappa shape index (κ3) is 4.77. The number of benzene rings is 2. The van der Waals surface area contributed by atoms with E-state index in [9.17, 15) is 14.7 Å². The predicted molar refractivity (Wildman–Crippen MR) is 103 cm³/mol. The lowest BCUT2D eigenvalue weighted by atomic mass is 10.1. The maximum absolute atomic E-state index is 12.6. The second-order valence-electron chi connectivity index (χ2n) is 5.38. The highest BCUT2D eigenvalue weighted by molar-refractivity contribution is 7.97. The van der Waals surface area contributed by atoms with Gasteiger partial charge in [0.25, 0.3) is 5.91 Å². The summed E-state index contributed by atoms with van der Waals surface area (Å²) in [7, 11) is 1.59. The van der Waals surface area contributed by atoms with Crippen molar-refractivity contribution in [2.45, 2.75) is 18.7 Å². The maximum atomic E-state index is 12.6. The second kappa shape index (κ2) is 9.26. The first kappa shape index (κ1) is 19.8. The van der Waals surface area contributed by atoms with Crippen molar-refractivity contribution in [1.82, 2.24) is 4.31 Å². The van der Waals surface area contributed by atoms with Crippen molar-refractivity contribution < 1.29 is 19.4 Å². The molecule has 7 heteroatoms. The number of hydrogen-bond acceptors (Lipinski definition) is 5. The Hall–Kier alpha value is -2.51. The summed E-state index contributed by atoms with van der Waals surface area (Å²) in [5, 5.41) is 11.9. The lowest BCUT2D eigenvalue weighted by Gasteiger charge is -2.19. The first-order valence-electron chi connectivity index (χ1n) is 8.24. The molecule has 0 radical (unpaired) electrons. The largest absolute Gasteiger partial charge is 0.496 e. The highest BCUT2D eigenvalue weighted by Crippen LogP contribution is 2.32. The standard InChI is InChI=1S/C19H22N2O4S/c1-4-21(5-2)26-17-12-13(10-11-16(17)25-3)18(22)20-15-9-7-6-8-14(15)19(23)24/h6-12H,4-5H2,1-3H3,(H,20,22)(H,23,24). The molecule has 0 aliphatic carbocycles. The Bertz CT molecular complexity index is 791. The number of hydrogen-bond donors (Lipinski definition) is 2. The topological polar surface area (TPSA) is 78.9 Å². The van der Waals surface area contributed by atoms with E-state index in [1.165, 1.54) is 18.0 Å². The zero-order chi connectivity index (χ0) is 19.1. The van der Waals surface area contributed by atoms with Gasteiger partial charge in [-0.15, -0.1) is 0 Å². The molecule has 0 saturated carbocycles. The van der Waals surface area contributed by atoms with Crippen LogP contribution < -0.4 is 10.1 Å². The van der Waals surface area contributed by atoms with Gasteiger partial charge in [0.1, 0.15) is 5.75 Å². The van der Waals surface area contributed by atoms with Crippen molar-refractivity contribution in [1.29, 1.82) is 0 Å². The molecule has 2 N–H and O–H groups in total. The fourth-order valence-electron chi connectivity index (χ4n) is 2.35. The van der Waals surface area contributed by atoms with Gasteiger partial charge in [0.05, 0.1) is 23.3 Å². The van der Waals surface area contributed by atoms with Crippen molar-refractivity contribution in [3.63, 3.8) is 0 Å². The van der Waals surface area contributed by atoms with Crippen molar-refractivity contribution in [3.05, 3.63) is 53.6 Å². The SMILES string of the molecule is CCN(CC)Sc1cc(C(=O)Nc2ccccc2C(=O)O)ccc1OC. The van der Waals surface area contributed by atoms with Gasteiger partial charge in [0, 0.05) is 18.7 Å². The maximum Gasteiger partial charge on any atom is 0.337 e. The van der Waals surface area contributed by atoms with E-state index < -0.39 is 5.97 Å². The lowest BCUT2D eigenvalue weighted by molar-refractivity contribution is 0.0698. The number of carboxylic acids is 1. The van der Waals surface area contributed by atoms with Crippen LogP contribution in [0.1, 0.15) is 34.6 Å². The molecule has 0 saturated heterocycles. The number of carboxylic acid groups (broad SMARTS) is 1. The van der Waals surface area contributed by atoms with Gasteiger partial charge in [-0.3, -0.25) is 4.79 Å². The van der Waals surface area contributed by atoms with E-state index in [-0.39, 0.29) is 17.2 Å². The molecule has 6 nitrogen and oxygen atoms in total. The van der Waals surface area contributed by atoms with Gasteiger partial charge in [0.2, 0.25) is 0 Å². The molecule has 0 aliphatic rings. The van der Waals surface area contributed by atoms with E-state index in [0.717, 1.165) is 18.0 Å². The number of para-hydroxylation sites is 1. The van der Waals surface area contributed by atoms with Crippen molar-refractivity contribution in [2.75, 3.05) is 25.5 Å². The average molecular weight is 374 g/mol. The fourth-order valence-corrected chi connectivity index (χ4v) is 3.31. The summed E-state index contributed by atoms with van der Waals surface area (Å²) >= 11 is 1.52. The van der Waals surface area contributed by atoms with Crippen LogP contribution >= 0.6 is 11.9 Å². The van der Waals surface area contributed by atoms with Gasteiger partial charge >= 0.3 is 5.97 Å². The Morgan fingerprint density at radius 2 is 1.85 bits per heavy atom. The van der Waals surface area contributed by atoms with E-state index in [1.54, 1.807) is 43.5 Å². The molecule has 2 aromatic carbocycles. The number of methoxy groups -OCH3 is 1. The third-order valence-corrected chi connectivity index (χ3v) is 5.05. The molecular weight excluding hydrogens is 352 g/mol. The molecule has 0 heterocycles. The van der Waals surface area contributed by atoms with Gasteiger partial charge in [-0.25, -0.2) is 9.10 Å². The molecule has 0 bridgehead atoms. The van der Waals surface area contributed by atoms with E-state index in [0.29, 0.717) is 11.3 Å². The second-order valence-corrected chi connectivity index (χ2v) is 6.51. The Morgan fingerprint density at radius 1 is 1.15 bits per heavy atom. The van der Waals surface area contributed by atoms with Crippen LogP contribution in [0, 0.1) is 0 Å². The Labute approximate surface area is 157 Å². The molecule has 0 atom stereocenters. The molecule has 2 aromatic rings. The molecule has 0 fully saturated rings. The molecule has 1 amide bonds. The first-order chi connectivity index (χ1) is 12.5. The zero-order valence-corrected chi connectivity index (χ0v) is 15.8. The summed E-state index contributed by atoms with van der Waals surface area (Å²) in [5.74, 6) is -0.777. The number of nitrogens with one attached hydrogen (secondary N) is 1. The molecule has 0 unspecified atom stereocenters. The van der Waals surface area contributed by atoms with Crippen molar-refractivity contribution >= 4 is 29.5 Å². The molecule has 0 aromatic heterocycles. The van der Waals surface area contributed by atoms with Crippen LogP contribution in [0.15, 0.2) is 47.4 Å². The molecule has 138 valence electrons. The highest BCUT2D eigenvalue weighted by Gasteiger charge is 2.16. The number of ether oxygens (including phenoxy) is 1. The minimum absolute atomic E-state index is 0.0482. The molecule has 0 spiro atoms. The van der Waals surface area contributed by atoms with Crippen LogP contribution in [-0.2, 0) is 0 Å². The molecular formula is C19H22N2O4S. The Balaban J connectivity index is 2.28. The van der Waals surface area contributed by atoms with E-state index in [2.05, 4.69) is 23.5 Å². The van der Waals surface area contributed by atoms with Crippen molar-refractivity contribution in [3.8, 4) is 5.75 Å². The third-order valence-electron chi connectivity index (χ3n) is 3.76. The molecule has 26 heavy (non-hydrogen) atoms. The highest BCUT2D eigenvalue weighted by atomic mass is 32.2. The van der Waals surface area contributed by atoms with Crippen LogP contribution in [0.25, 0.3) is 0 Å². The number of carbonyl (C=O) groups excluding carboxylic acids is 1. The number of aromatic carboxylic acids is 1. The van der Waals surface area contributed by atoms with Gasteiger partial charge in [-0.2, -0.15) is 0 Å². The number of amides is 1. The van der Waals surface area contributed by atoms with Crippen LogP contribution in [-0.4, -0.2) is 41.5 Å². The monoisotopic (exact) mass is 374 g/mol. The predicted octanol–water partition coefficient (Wildman–Crippen LogP) is 3.99. The minimum atomic E-state index is -1.09. The quantitative estimate of drug-likeness (QED) is 0.680. The number of nitrogens with zero attached hydrogens (tertiary/aromatic N) is 1. The summed E-state index contributed by atoms with van der Waals surface area (Å²) in [6.45, 7) is 5.82. The van der Waals surface area contributed by atoms with Crippen LogP contribution in [0.5, 0.6) is 5.75 Å². The normalized spacial score (nSPS) is 10.6. The van der Waals surface area contributed by atoms with Gasteiger partial charge in [-0.1, -0.05) is 26.0 Å². The molecule has 0 aliphatic heterocycles. The van der Waals surface area contributed by atoms with Crippen molar-refractivity contribution in [2.24, 2.45) is 0 Å². The zero-order valence-electron chi connectivity index (χ0n) is 15.0. The van der Waals surface area contributed by atoms with Gasteiger partial charge < -0.3 is 15.2 Å².